The van der Waals surface area contributed by atoms with Gasteiger partial charge < -0.3 is 4.98 Å². The van der Waals surface area contributed by atoms with Gasteiger partial charge in [0, 0.05) is 18.0 Å². The maximum atomic E-state index is 12.9. The number of benzene rings is 1. The van der Waals surface area contributed by atoms with Crippen molar-refractivity contribution in [3.05, 3.63) is 29.8 Å². The second kappa shape index (κ2) is 3.48. The normalized spacial score (nSPS) is 11.9. The van der Waals surface area contributed by atoms with Crippen LogP contribution in [-0.4, -0.2) is 20.4 Å². The minimum Gasteiger partial charge on any atom is -0.340 e. The number of aryl methyl sites for hydroxylation is 1. The van der Waals surface area contributed by atoms with E-state index in [1.165, 1.54) is 7.05 Å². The molecule has 0 radical (unpaired) electrons. The molecule has 1 aromatic heterocycles. The van der Waals surface area contributed by atoms with E-state index in [4.69, 9.17) is 0 Å². The van der Waals surface area contributed by atoms with Gasteiger partial charge >= 0.3 is 10.4 Å². The first-order valence-corrected chi connectivity index (χ1v) is 6.01. The van der Waals surface area contributed by atoms with Crippen LogP contribution < -0.4 is 4.31 Å². The fourth-order valence-electron chi connectivity index (χ4n) is 1.69. The van der Waals surface area contributed by atoms with Crippen LogP contribution in [0.1, 0.15) is 5.56 Å². The zero-order valence-electron chi connectivity index (χ0n) is 8.86. The number of hydrogen-bond donors (Lipinski definition) is 1. The Kier molecular flexibility index (Phi) is 2.38. The van der Waals surface area contributed by atoms with Gasteiger partial charge in [-0.3, -0.25) is 0 Å². The van der Waals surface area contributed by atoms with Crippen LogP contribution in [0.2, 0.25) is 0 Å². The predicted octanol–water partition coefficient (Wildman–Crippen LogP) is 2.13. The van der Waals surface area contributed by atoms with Crippen LogP contribution >= 0.6 is 0 Å². The number of halogens is 1. The van der Waals surface area contributed by atoms with Crippen molar-refractivity contribution in [2.75, 3.05) is 11.4 Å². The van der Waals surface area contributed by atoms with Gasteiger partial charge in [-0.15, -0.1) is 0 Å². The second-order valence-electron chi connectivity index (χ2n) is 3.55. The summed E-state index contributed by atoms with van der Waals surface area (Å²) in [6, 6.07) is 7.33. The van der Waals surface area contributed by atoms with Gasteiger partial charge in [-0.05, 0) is 18.6 Å². The van der Waals surface area contributed by atoms with Gasteiger partial charge in [0.05, 0.1) is 0 Å². The lowest BCUT2D eigenvalue weighted by Crippen LogP contribution is -2.22. The monoisotopic (exact) mass is 242 g/mol. The fourth-order valence-corrected chi connectivity index (χ4v) is 2.09. The number of nitrogens with zero attached hydrogens (tertiary/aromatic N) is 1. The Bertz CT molecular complexity index is 633. The first-order chi connectivity index (χ1) is 7.41. The lowest BCUT2D eigenvalue weighted by Gasteiger charge is -2.12. The summed E-state index contributed by atoms with van der Waals surface area (Å²) in [4.78, 5) is 2.88. The Labute approximate surface area is 93.0 Å². The van der Waals surface area contributed by atoms with Crippen LogP contribution in [0, 0.1) is 6.92 Å². The Morgan fingerprint density at radius 1 is 1.31 bits per heavy atom. The topological polar surface area (TPSA) is 53.2 Å². The van der Waals surface area contributed by atoms with Crippen molar-refractivity contribution >= 4 is 27.1 Å². The molecule has 0 bridgehead atoms. The Morgan fingerprint density at radius 2 is 1.94 bits per heavy atom. The molecule has 1 heterocycles. The molecule has 0 saturated heterocycles. The highest BCUT2D eigenvalue weighted by Gasteiger charge is 2.21. The van der Waals surface area contributed by atoms with E-state index in [1.807, 2.05) is 24.3 Å². The standard InChI is InChI=1S/C10H11FN2O2S/c1-7-8-5-3-4-6-9(8)12-10(7)13(2)16(11,14)15/h3-6,12H,1-2H3. The SMILES string of the molecule is Cc1c(N(C)S(=O)(=O)F)[nH]c2ccccc12. The molecule has 0 aliphatic carbocycles. The molecular formula is C10H11FN2O2S. The van der Waals surface area contributed by atoms with Gasteiger partial charge in [-0.1, -0.05) is 22.1 Å². The number of nitrogens with one attached hydrogen (secondary N) is 1. The molecule has 2 rings (SSSR count). The summed E-state index contributed by atoms with van der Waals surface area (Å²) in [6.07, 6.45) is 0. The van der Waals surface area contributed by atoms with E-state index in [9.17, 15) is 12.3 Å². The highest BCUT2D eigenvalue weighted by atomic mass is 32.3. The summed E-state index contributed by atoms with van der Waals surface area (Å²) in [5.41, 5.74) is 1.49. The van der Waals surface area contributed by atoms with Crippen molar-refractivity contribution in [2.24, 2.45) is 0 Å². The third-order valence-corrected chi connectivity index (χ3v) is 3.42. The average Bonchev–Trinajstić information content (AvgIpc) is 2.54. The summed E-state index contributed by atoms with van der Waals surface area (Å²) in [6.45, 7) is 1.75. The number of hydrogen-bond acceptors (Lipinski definition) is 2. The third-order valence-electron chi connectivity index (χ3n) is 2.58. The van der Waals surface area contributed by atoms with Crippen LogP contribution in [0.3, 0.4) is 0 Å². The van der Waals surface area contributed by atoms with Gasteiger partial charge in [0.2, 0.25) is 0 Å². The molecule has 2 aromatic rings. The Morgan fingerprint density at radius 3 is 2.50 bits per heavy atom. The average molecular weight is 242 g/mol. The number of aromatic nitrogens is 1. The molecule has 86 valence electrons. The zero-order chi connectivity index (χ0) is 11.9. The van der Waals surface area contributed by atoms with E-state index in [0.29, 0.717) is 9.87 Å². The van der Waals surface area contributed by atoms with Crippen molar-refractivity contribution in [1.29, 1.82) is 0 Å². The molecule has 0 fully saturated rings. The van der Waals surface area contributed by atoms with E-state index in [0.717, 1.165) is 10.9 Å². The minimum atomic E-state index is -4.72. The molecule has 0 amide bonds. The van der Waals surface area contributed by atoms with Crippen molar-refractivity contribution in [1.82, 2.24) is 4.98 Å². The number of H-pyrrole nitrogens is 1. The summed E-state index contributed by atoms with van der Waals surface area (Å²) in [5.74, 6) is 0.253. The van der Waals surface area contributed by atoms with Gasteiger partial charge in [0.25, 0.3) is 0 Å². The molecule has 4 nitrogen and oxygen atoms in total. The van der Waals surface area contributed by atoms with Crippen molar-refractivity contribution in [2.45, 2.75) is 6.92 Å². The molecule has 0 spiro atoms. The van der Waals surface area contributed by atoms with E-state index in [-0.39, 0.29) is 5.82 Å². The molecular weight excluding hydrogens is 231 g/mol. The second-order valence-corrected chi connectivity index (χ2v) is 4.93. The molecule has 1 aromatic carbocycles. The maximum absolute atomic E-state index is 12.9. The quantitative estimate of drug-likeness (QED) is 0.820. The van der Waals surface area contributed by atoms with Crippen molar-refractivity contribution < 1.29 is 12.3 Å². The van der Waals surface area contributed by atoms with Gasteiger partial charge in [-0.2, -0.15) is 8.42 Å². The largest absolute Gasteiger partial charge is 0.400 e. The number of fused-ring (bicyclic) bond motifs is 1. The molecule has 16 heavy (non-hydrogen) atoms. The maximum Gasteiger partial charge on any atom is 0.400 e. The number of para-hydroxylation sites is 1. The van der Waals surface area contributed by atoms with Crippen LogP contribution in [0.15, 0.2) is 24.3 Å². The predicted molar refractivity (Wildman–Crippen MR) is 61.5 cm³/mol. The smallest absolute Gasteiger partial charge is 0.340 e. The number of aromatic amines is 1. The molecule has 0 unspecified atom stereocenters. The van der Waals surface area contributed by atoms with Gasteiger partial charge in [-0.25, -0.2) is 4.31 Å². The van der Waals surface area contributed by atoms with Crippen molar-refractivity contribution in [3.8, 4) is 0 Å². The lowest BCUT2D eigenvalue weighted by molar-refractivity contribution is 0.549. The molecule has 6 heteroatoms. The summed E-state index contributed by atoms with van der Waals surface area (Å²) in [7, 11) is -3.55. The molecule has 0 aliphatic heterocycles. The lowest BCUT2D eigenvalue weighted by atomic mass is 10.2. The van der Waals surface area contributed by atoms with Crippen LogP contribution in [0.4, 0.5) is 9.70 Å². The summed E-state index contributed by atoms with van der Waals surface area (Å²) in [5, 5.41) is 0.882. The first-order valence-electron chi connectivity index (χ1n) is 4.67. The number of anilines is 1. The molecule has 1 N–H and O–H groups in total. The highest BCUT2D eigenvalue weighted by molar-refractivity contribution is 7.87. The van der Waals surface area contributed by atoms with E-state index >= 15 is 0 Å². The van der Waals surface area contributed by atoms with Gasteiger partial charge in [0.15, 0.2) is 0 Å². The third kappa shape index (κ3) is 1.65. The number of rotatable bonds is 2. The molecule has 0 saturated carbocycles. The van der Waals surface area contributed by atoms with Gasteiger partial charge in [0.1, 0.15) is 5.82 Å². The zero-order valence-corrected chi connectivity index (χ0v) is 9.68. The van der Waals surface area contributed by atoms with E-state index in [1.54, 1.807) is 6.92 Å². The molecule has 0 aliphatic rings. The fraction of sp³-hybridized carbons (Fsp3) is 0.200. The van der Waals surface area contributed by atoms with E-state index in [2.05, 4.69) is 4.98 Å². The van der Waals surface area contributed by atoms with E-state index < -0.39 is 10.4 Å². The summed E-state index contributed by atoms with van der Waals surface area (Å²) >= 11 is 0. The Balaban J connectivity index is 2.67. The first kappa shape index (κ1) is 10.9. The minimum absolute atomic E-state index is 0.253. The summed E-state index contributed by atoms with van der Waals surface area (Å²) < 4.78 is 35.1. The van der Waals surface area contributed by atoms with Crippen LogP contribution in [0.25, 0.3) is 10.9 Å². The highest BCUT2D eigenvalue weighted by Crippen LogP contribution is 2.28. The van der Waals surface area contributed by atoms with Crippen LogP contribution in [0.5, 0.6) is 0 Å². The molecule has 0 atom stereocenters. The Hall–Kier alpha value is -1.56. The van der Waals surface area contributed by atoms with Crippen LogP contribution in [-0.2, 0) is 10.4 Å². The van der Waals surface area contributed by atoms with Crippen molar-refractivity contribution in [3.63, 3.8) is 0 Å².